The van der Waals surface area contributed by atoms with E-state index in [2.05, 4.69) is 4.72 Å². The molecule has 1 atom stereocenters. The van der Waals surface area contributed by atoms with Gasteiger partial charge in [-0.3, -0.25) is 4.72 Å². The van der Waals surface area contributed by atoms with Crippen molar-refractivity contribution in [1.82, 2.24) is 4.90 Å². The summed E-state index contributed by atoms with van der Waals surface area (Å²) in [4.78, 5) is 1.86. The molecule has 10 heteroatoms. The summed E-state index contributed by atoms with van der Waals surface area (Å²) < 4.78 is 72.8. The molecule has 5 nitrogen and oxygen atoms in total. The van der Waals surface area contributed by atoms with Crippen LogP contribution >= 0.6 is 0 Å². The molecule has 148 valence electrons. The van der Waals surface area contributed by atoms with E-state index in [-0.39, 0.29) is 16.0 Å². The van der Waals surface area contributed by atoms with Gasteiger partial charge in [0.05, 0.1) is 16.1 Å². The summed E-state index contributed by atoms with van der Waals surface area (Å²) in [7, 11) is 3.44. The smallest absolute Gasteiger partial charge is 0.419 e. The minimum absolute atomic E-state index is 0.0308. The number of sulfonamides is 1. The zero-order valence-electron chi connectivity index (χ0n) is 15.0. The van der Waals surface area contributed by atoms with Crippen molar-refractivity contribution in [3.63, 3.8) is 0 Å². The molecule has 0 amide bonds. The highest BCUT2D eigenvalue weighted by Gasteiger charge is 2.36. The summed E-state index contributed by atoms with van der Waals surface area (Å²) in [6.45, 7) is 1.21. The average Bonchev–Trinajstić information content (AvgIpc) is 2.98. The lowest BCUT2D eigenvalue weighted by molar-refractivity contribution is -0.139. The Labute approximate surface area is 163 Å². The van der Waals surface area contributed by atoms with E-state index in [1.807, 2.05) is 11.9 Å². The first-order valence-corrected chi connectivity index (χ1v) is 9.98. The Morgan fingerprint density at radius 2 is 1.96 bits per heavy atom. The number of likely N-dealkylation sites (tertiary alicyclic amines) is 1. The molecule has 28 heavy (non-hydrogen) atoms. The Kier molecular flexibility index (Phi) is 5.63. The van der Waals surface area contributed by atoms with Crippen LogP contribution in [0.3, 0.4) is 0 Å². The number of benzene rings is 2. The normalized spacial score (nSPS) is 18.2. The lowest BCUT2D eigenvalue weighted by Crippen LogP contribution is -2.23. The summed E-state index contributed by atoms with van der Waals surface area (Å²) in [5.41, 5.74) is -0.726. The van der Waals surface area contributed by atoms with Crippen molar-refractivity contribution in [2.75, 3.05) is 24.9 Å². The minimum Gasteiger partial charge on any atom is -0.488 e. The van der Waals surface area contributed by atoms with Gasteiger partial charge in [-0.1, -0.05) is 17.6 Å². The van der Waals surface area contributed by atoms with Crippen LogP contribution in [0.25, 0.3) is 0 Å². The molecule has 0 saturated carbocycles. The Bertz CT molecular complexity index is 967. The lowest BCUT2D eigenvalue weighted by Gasteiger charge is -2.19. The predicted molar refractivity (Wildman–Crippen MR) is 101 cm³/mol. The molecule has 1 saturated heterocycles. The van der Waals surface area contributed by atoms with Crippen LogP contribution in [0.15, 0.2) is 47.4 Å². The van der Waals surface area contributed by atoms with Gasteiger partial charge in [0, 0.05) is 19.2 Å². The third-order valence-corrected chi connectivity index (χ3v) is 5.73. The van der Waals surface area contributed by atoms with Crippen LogP contribution in [-0.2, 0) is 16.2 Å². The van der Waals surface area contributed by atoms with Gasteiger partial charge in [-0.15, -0.1) is 0 Å². The van der Waals surface area contributed by atoms with Gasteiger partial charge in [-0.2, -0.15) is 13.2 Å². The van der Waals surface area contributed by atoms with Crippen LogP contribution in [0, 0.1) is 0 Å². The van der Waals surface area contributed by atoms with Crippen LogP contribution in [0.1, 0.15) is 12.0 Å². The van der Waals surface area contributed by atoms with Gasteiger partial charge in [0.1, 0.15) is 19.7 Å². The first kappa shape index (κ1) is 20.5. The number of alkyl halides is 3. The van der Waals surface area contributed by atoms with Crippen molar-refractivity contribution in [1.29, 1.82) is 0 Å². The number of nitrogens with one attached hydrogen (secondary N) is 1. The van der Waals surface area contributed by atoms with E-state index in [0.717, 1.165) is 18.2 Å². The van der Waals surface area contributed by atoms with Gasteiger partial charge < -0.3 is 9.64 Å². The molecule has 0 unspecified atom stereocenters. The van der Waals surface area contributed by atoms with Crippen LogP contribution in [0.5, 0.6) is 5.75 Å². The molecule has 1 N–H and O–H groups in total. The number of hydrogen-bond acceptors (Lipinski definition) is 4. The molecular formula is C18H18BF3N2O3S. The fourth-order valence-electron chi connectivity index (χ4n) is 2.98. The van der Waals surface area contributed by atoms with Crippen molar-refractivity contribution < 1.29 is 26.3 Å². The third kappa shape index (κ3) is 4.80. The second-order valence-corrected chi connectivity index (χ2v) is 8.36. The van der Waals surface area contributed by atoms with Crippen molar-refractivity contribution in [2.45, 2.75) is 23.6 Å². The Morgan fingerprint density at radius 1 is 1.21 bits per heavy atom. The minimum atomic E-state index is -4.62. The highest BCUT2D eigenvalue weighted by molar-refractivity contribution is 7.92. The van der Waals surface area contributed by atoms with E-state index in [9.17, 15) is 21.6 Å². The molecule has 0 bridgehead atoms. The predicted octanol–water partition coefficient (Wildman–Crippen LogP) is 2.38. The quantitative estimate of drug-likeness (QED) is 0.770. The SMILES string of the molecule is [B]c1cccc(S(=O)(=O)Nc2ccc(C(F)(F)F)c(O[C@@H]3CCN(C)C3)c2)c1. The van der Waals surface area contributed by atoms with Gasteiger partial charge in [-0.05, 0) is 37.7 Å². The summed E-state index contributed by atoms with van der Waals surface area (Å²) in [5.74, 6) is -0.402. The van der Waals surface area contributed by atoms with E-state index in [1.165, 1.54) is 24.3 Å². The number of hydrogen-bond donors (Lipinski definition) is 1. The van der Waals surface area contributed by atoms with Crippen molar-refractivity contribution in [2.24, 2.45) is 0 Å². The highest BCUT2D eigenvalue weighted by atomic mass is 32.2. The first-order chi connectivity index (χ1) is 13.0. The molecule has 0 spiro atoms. The average molecular weight is 410 g/mol. The van der Waals surface area contributed by atoms with Crippen LogP contribution in [0.2, 0.25) is 0 Å². The van der Waals surface area contributed by atoms with Crippen LogP contribution < -0.4 is 14.9 Å². The lowest BCUT2D eigenvalue weighted by atomic mass is 9.97. The molecule has 0 aromatic heterocycles. The molecule has 2 radical (unpaired) electrons. The number of rotatable bonds is 5. The summed E-state index contributed by atoms with van der Waals surface area (Å²) >= 11 is 0. The summed E-state index contributed by atoms with van der Waals surface area (Å²) in [5, 5.41) is 0. The van der Waals surface area contributed by atoms with E-state index >= 15 is 0 Å². The van der Waals surface area contributed by atoms with Crippen molar-refractivity contribution in [3.8, 4) is 5.75 Å². The van der Waals surface area contributed by atoms with E-state index < -0.39 is 33.6 Å². The summed E-state index contributed by atoms with van der Waals surface area (Å²) in [6, 6.07) is 8.53. The molecule has 3 rings (SSSR count). The Balaban J connectivity index is 1.90. The molecule has 2 aromatic carbocycles. The molecule has 0 aliphatic carbocycles. The maximum Gasteiger partial charge on any atom is 0.419 e. The number of nitrogens with zero attached hydrogens (tertiary/aromatic N) is 1. The van der Waals surface area contributed by atoms with Crippen molar-refractivity contribution >= 4 is 29.0 Å². The highest BCUT2D eigenvalue weighted by Crippen LogP contribution is 2.39. The Morgan fingerprint density at radius 3 is 2.57 bits per heavy atom. The zero-order valence-corrected chi connectivity index (χ0v) is 15.8. The number of halogens is 3. The number of likely N-dealkylation sites (N-methyl/N-ethyl adjacent to an activating group) is 1. The first-order valence-electron chi connectivity index (χ1n) is 8.49. The fourth-order valence-corrected chi connectivity index (χ4v) is 4.09. The van der Waals surface area contributed by atoms with Crippen LogP contribution in [0.4, 0.5) is 18.9 Å². The van der Waals surface area contributed by atoms with Crippen molar-refractivity contribution in [3.05, 3.63) is 48.0 Å². The number of anilines is 1. The standard InChI is InChI=1S/C18H18BF3N2O3S/c1-24-8-7-14(11-24)27-17-10-13(5-6-16(17)18(20,21)22)23-28(25,26)15-4-2-3-12(19)9-15/h2-6,9-10,14,23H,7-8,11H2,1H3/t14-/m1/s1. The monoisotopic (exact) mass is 410 g/mol. The molecule has 1 aliphatic rings. The van der Waals surface area contributed by atoms with Gasteiger partial charge in [0.25, 0.3) is 10.0 Å². The van der Waals surface area contributed by atoms with Gasteiger partial charge in [0.2, 0.25) is 0 Å². The van der Waals surface area contributed by atoms with E-state index in [4.69, 9.17) is 12.6 Å². The molecule has 2 aromatic rings. The second kappa shape index (κ2) is 7.67. The third-order valence-electron chi connectivity index (χ3n) is 4.35. The van der Waals surface area contributed by atoms with Gasteiger partial charge >= 0.3 is 6.18 Å². The zero-order chi connectivity index (χ0) is 20.5. The van der Waals surface area contributed by atoms with Gasteiger partial charge in [0.15, 0.2) is 0 Å². The Hall–Kier alpha value is -2.20. The largest absolute Gasteiger partial charge is 0.488 e. The molecule has 1 heterocycles. The molecular weight excluding hydrogens is 392 g/mol. The van der Waals surface area contributed by atoms with E-state index in [1.54, 1.807) is 0 Å². The van der Waals surface area contributed by atoms with Crippen LogP contribution in [-0.4, -0.2) is 47.4 Å². The maximum absolute atomic E-state index is 13.3. The fraction of sp³-hybridized carbons (Fsp3) is 0.333. The van der Waals surface area contributed by atoms with E-state index in [0.29, 0.717) is 19.5 Å². The maximum atomic E-state index is 13.3. The molecule has 1 aliphatic heterocycles. The topological polar surface area (TPSA) is 58.6 Å². The van der Waals surface area contributed by atoms with Gasteiger partial charge in [-0.25, -0.2) is 8.42 Å². The second-order valence-electron chi connectivity index (χ2n) is 6.68. The number of ether oxygens (including phenoxy) is 1. The molecule has 1 fully saturated rings. The summed E-state index contributed by atoms with van der Waals surface area (Å²) in [6.07, 6.45) is -4.43.